The lowest BCUT2D eigenvalue weighted by atomic mass is 10.0. The second-order valence-electron chi connectivity index (χ2n) is 8.71. The van der Waals surface area contributed by atoms with Crippen LogP contribution in [0.1, 0.15) is 38.3 Å². The van der Waals surface area contributed by atoms with Crippen LogP contribution in [0.5, 0.6) is 11.5 Å². The van der Waals surface area contributed by atoms with Gasteiger partial charge in [-0.2, -0.15) is 0 Å². The maximum absolute atomic E-state index is 6.12. The van der Waals surface area contributed by atoms with Gasteiger partial charge >= 0.3 is 0 Å². The first-order valence-corrected chi connectivity index (χ1v) is 12.5. The number of hydrogen-bond donors (Lipinski definition) is 1. The summed E-state index contributed by atoms with van der Waals surface area (Å²) < 4.78 is 22.4. The van der Waals surface area contributed by atoms with Gasteiger partial charge in [-0.25, -0.2) is 0 Å². The minimum atomic E-state index is 0.0984. The first-order chi connectivity index (χ1) is 17.1. The highest BCUT2D eigenvalue weighted by molar-refractivity contribution is 5.72. The number of aryl methyl sites for hydroxylation is 1. The van der Waals surface area contributed by atoms with Gasteiger partial charge in [0.1, 0.15) is 18.1 Å². The van der Waals surface area contributed by atoms with Crippen molar-refractivity contribution < 1.29 is 18.9 Å². The second kappa shape index (κ2) is 14.4. The molecule has 0 unspecified atom stereocenters. The van der Waals surface area contributed by atoms with Crippen molar-refractivity contribution in [2.75, 3.05) is 38.9 Å². The van der Waals surface area contributed by atoms with Crippen molar-refractivity contribution in [3.8, 4) is 22.6 Å². The molecule has 188 valence electrons. The average molecular weight is 478 g/mol. The van der Waals surface area contributed by atoms with Crippen LogP contribution >= 0.6 is 0 Å². The standard InChI is InChI=1S/C30H39NO4/c1-5-33-19-20-34-28-15-11-26(12-16-28)29-21-25(10-17-30(29)35-23(2)3)22-31-27-13-8-24(9-14-27)7-6-18-32-4/h8-17,21,23,31H,5-7,18-20,22H2,1-4H3. The molecule has 5 nitrogen and oxygen atoms in total. The predicted molar refractivity (Wildman–Crippen MR) is 144 cm³/mol. The van der Waals surface area contributed by atoms with Crippen molar-refractivity contribution in [1.29, 1.82) is 0 Å². The van der Waals surface area contributed by atoms with Crippen molar-refractivity contribution in [3.05, 3.63) is 77.9 Å². The summed E-state index contributed by atoms with van der Waals surface area (Å²) in [4.78, 5) is 0. The molecular weight excluding hydrogens is 438 g/mol. The Bertz CT molecular complexity index is 1000. The summed E-state index contributed by atoms with van der Waals surface area (Å²) >= 11 is 0. The Morgan fingerprint density at radius 3 is 2.26 bits per heavy atom. The van der Waals surface area contributed by atoms with Gasteiger partial charge in [0.05, 0.1) is 12.7 Å². The topological polar surface area (TPSA) is 49.0 Å². The molecule has 0 spiro atoms. The van der Waals surface area contributed by atoms with Gasteiger partial charge in [-0.15, -0.1) is 0 Å². The molecule has 0 bridgehead atoms. The van der Waals surface area contributed by atoms with E-state index in [0.29, 0.717) is 19.8 Å². The number of methoxy groups -OCH3 is 1. The Balaban J connectivity index is 1.68. The van der Waals surface area contributed by atoms with Crippen LogP contribution in [-0.4, -0.2) is 39.6 Å². The van der Waals surface area contributed by atoms with E-state index in [4.69, 9.17) is 18.9 Å². The van der Waals surface area contributed by atoms with E-state index in [1.54, 1.807) is 7.11 Å². The summed E-state index contributed by atoms with van der Waals surface area (Å²) in [5, 5.41) is 3.54. The molecule has 0 saturated carbocycles. The Labute approximate surface area is 210 Å². The Morgan fingerprint density at radius 1 is 0.829 bits per heavy atom. The minimum Gasteiger partial charge on any atom is -0.491 e. The number of nitrogens with one attached hydrogen (secondary N) is 1. The van der Waals surface area contributed by atoms with Crippen molar-refractivity contribution in [2.24, 2.45) is 0 Å². The summed E-state index contributed by atoms with van der Waals surface area (Å²) in [7, 11) is 1.74. The highest BCUT2D eigenvalue weighted by atomic mass is 16.5. The van der Waals surface area contributed by atoms with E-state index in [2.05, 4.69) is 59.9 Å². The third-order valence-electron chi connectivity index (χ3n) is 5.54. The van der Waals surface area contributed by atoms with Gasteiger partial charge < -0.3 is 24.3 Å². The lowest BCUT2D eigenvalue weighted by Crippen LogP contribution is -2.07. The van der Waals surface area contributed by atoms with Crippen molar-refractivity contribution in [3.63, 3.8) is 0 Å². The quantitative estimate of drug-likeness (QED) is 0.245. The smallest absolute Gasteiger partial charge is 0.127 e. The van der Waals surface area contributed by atoms with E-state index in [1.807, 2.05) is 32.9 Å². The normalized spacial score (nSPS) is 11.0. The average Bonchev–Trinajstić information content (AvgIpc) is 2.87. The fraction of sp³-hybridized carbons (Fsp3) is 0.400. The molecule has 3 aromatic rings. The first kappa shape index (κ1) is 26.6. The zero-order valence-electron chi connectivity index (χ0n) is 21.5. The number of anilines is 1. The summed E-state index contributed by atoms with van der Waals surface area (Å²) in [6, 6.07) is 23.2. The Hall–Kier alpha value is -3.02. The molecule has 0 atom stereocenters. The maximum atomic E-state index is 6.12. The van der Waals surface area contributed by atoms with Gasteiger partial charge in [0, 0.05) is 38.1 Å². The van der Waals surface area contributed by atoms with Gasteiger partial charge in [-0.1, -0.05) is 30.3 Å². The van der Waals surface area contributed by atoms with Crippen LogP contribution in [0, 0.1) is 0 Å². The van der Waals surface area contributed by atoms with Crippen molar-refractivity contribution >= 4 is 5.69 Å². The summed E-state index contributed by atoms with van der Waals surface area (Å²) in [6.07, 6.45) is 2.17. The van der Waals surface area contributed by atoms with Crippen LogP contribution < -0.4 is 14.8 Å². The highest BCUT2D eigenvalue weighted by Crippen LogP contribution is 2.33. The third kappa shape index (κ3) is 8.93. The Morgan fingerprint density at radius 2 is 1.57 bits per heavy atom. The van der Waals surface area contributed by atoms with Crippen LogP contribution in [-0.2, 0) is 22.4 Å². The lowest BCUT2D eigenvalue weighted by molar-refractivity contribution is 0.110. The molecule has 0 aliphatic carbocycles. The van der Waals surface area contributed by atoms with E-state index in [1.165, 1.54) is 11.1 Å². The number of hydrogen-bond acceptors (Lipinski definition) is 5. The monoisotopic (exact) mass is 477 g/mol. The molecule has 0 amide bonds. The predicted octanol–water partition coefficient (Wildman–Crippen LogP) is 6.75. The molecule has 0 fully saturated rings. The molecule has 0 aromatic heterocycles. The molecule has 5 heteroatoms. The fourth-order valence-corrected chi connectivity index (χ4v) is 3.78. The van der Waals surface area contributed by atoms with Gasteiger partial charge in [0.15, 0.2) is 0 Å². The van der Waals surface area contributed by atoms with Gasteiger partial charge in [0.2, 0.25) is 0 Å². The summed E-state index contributed by atoms with van der Waals surface area (Å²) in [5.74, 6) is 1.72. The SMILES string of the molecule is CCOCCOc1ccc(-c2cc(CNc3ccc(CCCOC)cc3)ccc2OC(C)C)cc1. The van der Waals surface area contributed by atoms with Crippen molar-refractivity contribution in [2.45, 2.75) is 46.3 Å². The maximum Gasteiger partial charge on any atom is 0.127 e. The molecule has 0 saturated heterocycles. The molecule has 0 radical (unpaired) electrons. The largest absolute Gasteiger partial charge is 0.491 e. The molecule has 35 heavy (non-hydrogen) atoms. The van der Waals surface area contributed by atoms with Crippen LogP contribution in [0.4, 0.5) is 5.69 Å². The Kier molecular flexibility index (Phi) is 10.9. The number of ether oxygens (including phenoxy) is 4. The summed E-state index contributed by atoms with van der Waals surface area (Å²) in [6.45, 7) is 9.45. The third-order valence-corrected chi connectivity index (χ3v) is 5.54. The molecule has 0 aliphatic rings. The zero-order chi connectivity index (χ0) is 24.9. The number of rotatable bonds is 15. The molecule has 3 rings (SSSR count). The van der Waals surface area contributed by atoms with E-state index in [9.17, 15) is 0 Å². The van der Waals surface area contributed by atoms with Gasteiger partial charge in [-0.3, -0.25) is 0 Å². The minimum absolute atomic E-state index is 0.0984. The lowest BCUT2D eigenvalue weighted by Gasteiger charge is -2.17. The van der Waals surface area contributed by atoms with E-state index in [0.717, 1.165) is 54.3 Å². The van der Waals surface area contributed by atoms with Crippen LogP contribution in [0.25, 0.3) is 11.1 Å². The second-order valence-corrected chi connectivity index (χ2v) is 8.71. The van der Waals surface area contributed by atoms with Crippen LogP contribution in [0.2, 0.25) is 0 Å². The van der Waals surface area contributed by atoms with Crippen LogP contribution in [0.3, 0.4) is 0 Å². The van der Waals surface area contributed by atoms with E-state index < -0.39 is 0 Å². The number of benzene rings is 3. The van der Waals surface area contributed by atoms with Gasteiger partial charge in [-0.05, 0) is 86.7 Å². The van der Waals surface area contributed by atoms with Crippen molar-refractivity contribution in [1.82, 2.24) is 0 Å². The first-order valence-electron chi connectivity index (χ1n) is 12.5. The van der Waals surface area contributed by atoms with E-state index in [-0.39, 0.29) is 6.10 Å². The van der Waals surface area contributed by atoms with Gasteiger partial charge in [0.25, 0.3) is 0 Å². The fourth-order valence-electron chi connectivity index (χ4n) is 3.78. The van der Waals surface area contributed by atoms with Crippen LogP contribution in [0.15, 0.2) is 66.7 Å². The molecule has 0 aliphatic heterocycles. The highest BCUT2D eigenvalue weighted by Gasteiger charge is 2.10. The molecule has 1 N–H and O–H groups in total. The molecular formula is C30H39NO4. The molecule has 0 heterocycles. The zero-order valence-corrected chi connectivity index (χ0v) is 21.5. The van der Waals surface area contributed by atoms with E-state index >= 15 is 0 Å². The summed E-state index contributed by atoms with van der Waals surface area (Å²) in [5.41, 5.74) is 5.80. The molecule has 3 aromatic carbocycles.